The van der Waals surface area contributed by atoms with E-state index in [-0.39, 0.29) is 18.3 Å². The topological polar surface area (TPSA) is 109 Å². The largest absolute Gasteiger partial charge is 0.508 e. The summed E-state index contributed by atoms with van der Waals surface area (Å²) in [6.45, 7) is 2.25. The van der Waals surface area contributed by atoms with Crippen molar-refractivity contribution < 1.29 is 24.2 Å². The van der Waals surface area contributed by atoms with Crippen LogP contribution in [0.4, 0.5) is 0 Å². The molecule has 0 radical (unpaired) electrons. The Balaban J connectivity index is 1.97. The van der Waals surface area contributed by atoms with Crippen molar-refractivity contribution in [1.29, 1.82) is 0 Å². The van der Waals surface area contributed by atoms with Gasteiger partial charge in [-0.15, -0.1) is 0 Å². The van der Waals surface area contributed by atoms with E-state index in [0.29, 0.717) is 29.2 Å². The minimum absolute atomic E-state index is 0.0802. The Morgan fingerprint density at radius 3 is 2.56 bits per heavy atom. The van der Waals surface area contributed by atoms with E-state index in [1.54, 1.807) is 18.2 Å². The molecule has 0 aliphatic rings. The minimum atomic E-state index is -0.403. The standard InChI is InChI=1S/C19H21N3O5/c1-3-20-18(24)12-27-16-9-4-13(10-17(16)26-2)11-21-22-19(25)14-5-7-15(23)8-6-14/h4-11,23H,3,12H2,1-2H3,(H,20,24)(H,22,25)/b21-11+. The fourth-order valence-electron chi connectivity index (χ4n) is 2.12. The lowest BCUT2D eigenvalue weighted by Crippen LogP contribution is -2.28. The van der Waals surface area contributed by atoms with E-state index in [1.165, 1.54) is 37.6 Å². The van der Waals surface area contributed by atoms with Crippen LogP contribution in [0.3, 0.4) is 0 Å². The number of benzene rings is 2. The van der Waals surface area contributed by atoms with Crippen molar-refractivity contribution >= 4 is 18.0 Å². The Hall–Kier alpha value is -3.55. The first-order chi connectivity index (χ1) is 13.0. The van der Waals surface area contributed by atoms with Gasteiger partial charge in [0.15, 0.2) is 18.1 Å². The predicted octanol–water partition coefficient (Wildman–Crippen LogP) is 1.68. The number of hydrogen-bond acceptors (Lipinski definition) is 6. The lowest BCUT2D eigenvalue weighted by atomic mass is 10.2. The van der Waals surface area contributed by atoms with E-state index >= 15 is 0 Å². The first-order valence-corrected chi connectivity index (χ1v) is 8.23. The van der Waals surface area contributed by atoms with Crippen LogP contribution in [0.2, 0.25) is 0 Å². The molecule has 2 amide bonds. The minimum Gasteiger partial charge on any atom is -0.508 e. The highest BCUT2D eigenvalue weighted by atomic mass is 16.5. The molecule has 0 bridgehead atoms. The van der Waals surface area contributed by atoms with Crippen molar-refractivity contribution in [2.24, 2.45) is 5.10 Å². The average Bonchev–Trinajstić information content (AvgIpc) is 2.67. The number of carbonyl (C=O) groups is 2. The van der Waals surface area contributed by atoms with Crippen molar-refractivity contribution in [3.63, 3.8) is 0 Å². The van der Waals surface area contributed by atoms with Gasteiger partial charge in [0, 0.05) is 12.1 Å². The Labute approximate surface area is 156 Å². The van der Waals surface area contributed by atoms with Gasteiger partial charge in [-0.1, -0.05) is 0 Å². The van der Waals surface area contributed by atoms with Crippen LogP contribution in [0.5, 0.6) is 17.2 Å². The van der Waals surface area contributed by atoms with Gasteiger partial charge in [0.25, 0.3) is 11.8 Å². The third kappa shape index (κ3) is 6.03. The summed E-state index contributed by atoms with van der Waals surface area (Å²) < 4.78 is 10.7. The van der Waals surface area contributed by atoms with Crippen LogP contribution in [0.1, 0.15) is 22.8 Å². The molecule has 0 saturated heterocycles. The molecule has 0 saturated carbocycles. The van der Waals surface area contributed by atoms with Crippen LogP contribution in [0.15, 0.2) is 47.6 Å². The number of likely N-dealkylation sites (N-methyl/N-ethyl adjacent to an activating group) is 1. The zero-order valence-corrected chi connectivity index (χ0v) is 15.1. The Kier molecular flexibility index (Phi) is 7.18. The Morgan fingerprint density at radius 2 is 1.89 bits per heavy atom. The molecule has 0 heterocycles. The van der Waals surface area contributed by atoms with Gasteiger partial charge in [0.2, 0.25) is 0 Å². The monoisotopic (exact) mass is 371 g/mol. The number of phenolic OH excluding ortho intramolecular Hbond substituents is 1. The molecule has 2 aromatic carbocycles. The molecular formula is C19H21N3O5. The molecule has 2 aromatic rings. The zero-order chi connectivity index (χ0) is 19.6. The third-order valence-corrected chi connectivity index (χ3v) is 3.43. The quantitative estimate of drug-likeness (QED) is 0.483. The number of amides is 2. The van der Waals surface area contributed by atoms with Crippen LogP contribution in [0, 0.1) is 0 Å². The molecular weight excluding hydrogens is 350 g/mol. The number of nitrogens with zero attached hydrogens (tertiary/aromatic N) is 1. The summed E-state index contributed by atoms with van der Waals surface area (Å²) in [5, 5.41) is 15.8. The first-order valence-electron chi connectivity index (χ1n) is 8.23. The van der Waals surface area contributed by atoms with Crippen LogP contribution >= 0.6 is 0 Å². The maximum Gasteiger partial charge on any atom is 0.271 e. The molecule has 2 rings (SSSR count). The highest BCUT2D eigenvalue weighted by molar-refractivity contribution is 5.95. The van der Waals surface area contributed by atoms with Gasteiger partial charge in [0.05, 0.1) is 13.3 Å². The number of phenols is 1. The lowest BCUT2D eigenvalue weighted by Gasteiger charge is -2.11. The normalized spacial score (nSPS) is 10.4. The number of methoxy groups -OCH3 is 1. The SMILES string of the molecule is CCNC(=O)COc1ccc(/C=N/NC(=O)c2ccc(O)cc2)cc1OC. The fraction of sp³-hybridized carbons (Fsp3) is 0.211. The van der Waals surface area contributed by atoms with Gasteiger partial charge in [0.1, 0.15) is 5.75 Å². The average molecular weight is 371 g/mol. The summed E-state index contributed by atoms with van der Waals surface area (Å²) in [6, 6.07) is 10.9. The summed E-state index contributed by atoms with van der Waals surface area (Å²) >= 11 is 0. The predicted molar refractivity (Wildman–Crippen MR) is 100 cm³/mol. The molecule has 8 heteroatoms. The van der Waals surface area contributed by atoms with E-state index in [0.717, 1.165) is 0 Å². The van der Waals surface area contributed by atoms with Crippen molar-refractivity contribution in [1.82, 2.24) is 10.7 Å². The summed E-state index contributed by atoms with van der Waals surface area (Å²) in [5.74, 6) is 0.320. The van der Waals surface area contributed by atoms with Gasteiger partial charge in [-0.25, -0.2) is 5.43 Å². The zero-order valence-electron chi connectivity index (χ0n) is 15.1. The van der Waals surface area contributed by atoms with Gasteiger partial charge in [-0.05, 0) is 55.0 Å². The van der Waals surface area contributed by atoms with Crippen molar-refractivity contribution in [2.45, 2.75) is 6.92 Å². The summed E-state index contributed by atoms with van der Waals surface area (Å²) in [5.41, 5.74) is 3.44. The molecule has 142 valence electrons. The van der Waals surface area contributed by atoms with E-state index < -0.39 is 5.91 Å². The van der Waals surface area contributed by atoms with Gasteiger partial charge in [-0.2, -0.15) is 5.10 Å². The maximum atomic E-state index is 11.9. The van der Waals surface area contributed by atoms with E-state index in [2.05, 4.69) is 15.8 Å². The number of carbonyl (C=O) groups excluding carboxylic acids is 2. The van der Waals surface area contributed by atoms with Crippen LogP contribution < -0.4 is 20.2 Å². The van der Waals surface area contributed by atoms with Gasteiger partial charge in [-0.3, -0.25) is 9.59 Å². The highest BCUT2D eigenvalue weighted by Crippen LogP contribution is 2.27. The smallest absolute Gasteiger partial charge is 0.271 e. The summed E-state index contributed by atoms with van der Waals surface area (Å²) in [6.07, 6.45) is 1.45. The Morgan fingerprint density at radius 1 is 1.15 bits per heavy atom. The second kappa shape index (κ2) is 9.81. The van der Waals surface area contributed by atoms with Gasteiger partial charge < -0.3 is 19.9 Å². The Bertz CT molecular complexity index is 819. The lowest BCUT2D eigenvalue weighted by molar-refractivity contribution is -0.123. The van der Waals surface area contributed by atoms with E-state index in [9.17, 15) is 14.7 Å². The van der Waals surface area contributed by atoms with Crippen molar-refractivity contribution in [3.8, 4) is 17.2 Å². The molecule has 27 heavy (non-hydrogen) atoms. The molecule has 3 N–H and O–H groups in total. The second-order valence-corrected chi connectivity index (χ2v) is 5.40. The van der Waals surface area contributed by atoms with Crippen LogP contribution in [-0.4, -0.2) is 43.4 Å². The molecule has 0 aliphatic heterocycles. The fourth-order valence-corrected chi connectivity index (χ4v) is 2.12. The molecule has 0 atom stereocenters. The molecule has 0 aromatic heterocycles. The second-order valence-electron chi connectivity index (χ2n) is 5.40. The van der Waals surface area contributed by atoms with E-state index in [1.807, 2.05) is 6.92 Å². The van der Waals surface area contributed by atoms with Crippen molar-refractivity contribution in [3.05, 3.63) is 53.6 Å². The number of nitrogens with one attached hydrogen (secondary N) is 2. The number of rotatable bonds is 8. The summed E-state index contributed by atoms with van der Waals surface area (Å²) in [7, 11) is 1.49. The van der Waals surface area contributed by atoms with Crippen molar-refractivity contribution in [2.75, 3.05) is 20.3 Å². The maximum absolute atomic E-state index is 11.9. The first kappa shape index (κ1) is 19.8. The third-order valence-electron chi connectivity index (χ3n) is 3.43. The highest BCUT2D eigenvalue weighted by Gasteiger charge is 2.08. The van der Waals surface area contributed by atoms with Gasteiger partial charge >= 0.3 is 0 Å². The van der Waals surface area contributed by atoms with Crippen LogP contribution in [0.25, 0.3) is 0 Å². The molecule has 0 spiro atoms. The van der Waals surface area contributed by atoms with E-state index in [4.69, 9.17) is 9.47 Å². The number of hydrogen-bond donors (Lipinski definition) is 3. The molecule has 0 aliphatic carbocycles. The number of ether oxygens (including phenoxy) is 2. The van der Waals surface area contributed by atoms with Crippen LogP contribution in [-0.2, 0) is 4.79 Å². The molecule has 0 unspecified atom stereocenters. The summed E-state index contributed by atoms with van der Waals surface area (Å²) in [4.78, 5) is 23.4. The molecule has 8 nitrogen and oxygen atoms in total. The molecule has 0 fully saturated rings. The number of aromatic hydroxyl groups is 1. The number of hydrazone groups is 1.